The molecule has 174 valence electrons. The molecule has 3 aromatic rings. The Balaban J connectivity index is 1.48. The first kappa shape index (κ1) is 23.1. The molecule has 2 aromatic carbocycles. The van der Waals surface area contributed by atoms with E-state index >= 15 is 0 Å². The third kappa shape index (κ3) is 4.80. The minimum absolute atomic E-state index is 0.00756. The molecule has 1 unspecified atom stereocenters. The van der Waals surface area contributed by atoms with Crippen molar-refractivity contribution in [1.82, 2.24) is 15.1 Å². The zero-order valence-electron chi connectivity index (χ0n) is 19.6. The van der Waals surface area contributed by atoms with Gasteiger partial charge in [0, 0.05) is 29.1 Å². The number of aromatic nitrogens is 2. The van der Waals surface area contributed by atoms with E-state index < -0.39 is 0 Å². The highest BCUT2D eigenvalue weighted by atomic mass is 16.5. The number of nitrogens with zero attached hydrogens (tertiary/aromatic N) is 2. The van der Waals surface area contributed by atoms with E-state index in [1.165, 1.54) is 0 Å². The number of carbonyl (C=O) groups is 1. The molecular weight excluding hydrogens is 428 g/mol. The van der Waals surface area contributed by atoms with Gasteiger partial charge in [-0.2, -0.15) is 5.10 Å². The molecule has 0 radical (unpaired) electrons. The van der Waals surface area contributed by atoms with E-state index in [0.29, 0.717) is 29.4 Å². The summed E-state index contributed by atoms with van der Waals surface area (Å²) in [5, 5.41) is 9.94. The van der Waals surface area contributed by atoms with Gasteiger partial charge in [-0.05, 0) is 56.2 Å². The number of hydrogen-bond donors (Lipinski definition) is 2. The average Bonchev–Trinajstić information content (AvgIpc) is 3.11. The SMILES string of the molecule is CCc1[nH]nc(C(=O)Nc2ccc(C3=CCN(C(C)c4ccccc4)C(=C=O)CO3)cc2)c1C. The first-order valence-corrected chi connectivity index (χ1v) is 11.4. The molecule has 0 fully saturated rings. The summed E-state index contributed by atoms with van der Waals surface area (Å²) in [5.41, 5.74) is 5.34. The van der Waals surface area contributed by atoms with E-state index in [9.17, 15) is 9.59 Å². The summed E-state index contributed by atoms with van der Waals surface area (Å²) in [5.74, 6) is 2.48. The van der Waals surface area contributed by atoms with Crippen molar-refractivity contribution < 1.29 is 14.3 Å². The quantitative estimate of drug-likeness (QED) is 0.526. The van der Waals surface area contributed by atoms with Gasteiger partial charge in [0.15, 0.2) is 5.69 Å². The van der Waals surface area contributed by atoms with E-state index in [2.05, 4.69) is 28.4 Å². The van der Waals surface area contributed by atoms with Crippen molar-refractivity contribution in [2.24, 2.45) is 0 Å². The van der Waals surface area contributed by atoms with Gasteiger partial charge < -0.3 is 15.0 Å². The van der Waals surface area contributed by atoms with E-state index in [4.69, 9.17) is 4.74 Å². The summed E-state index contributed by atoms with van der Waals surface area (Å²) in [7, 11) is 0. The van der Waals surface area contributed by atoms with E-state index in [1.54, 1.807) is 0 Å². The van der Waals surface area contributed by atoms with Gasteiger partial charge in [-0.15, -0.1) is 0 Å². The van der Waals surface area contributed by atoms with Crippen LogP contribution in [-0.2, 0) is 16.0 Å². The molecule has 1 aromatic heterocycles. The summed E-state index contributed by atoms with van der Waals surface area (Å²) in [4.78, 5) is 26.3. The highest BCUT2D eigenvalue weighted by molar-refractivity contribution is 6.04. The number of ether oxygens (including phenoxy) is 1. The van der Waals surface area contributed by atoms with Crippen LogP contribution in [0, 0.1) is 6.92 Å². The van der Waals surface area contributed by atoms with Gasteiger partial charge in [0.1, 0.15) is 24.0 Å². The molecule has 1 atom stereocenters. The summed E-state index contributed by atoms with van der Waals surface area (Å²) in [6.45, 7) is 6.63. The second-order valence-corrected chi connectivity index (χ2v) is 8.21. The second kappa shape index (κ2) is 10.2. The fraction of sp³-hybridized carbons (Fsp3) is 0.259. The molecule has 7 heteroatoms. The Morgan fingerprint density at radius 1 is 1.21 bits per heavy atom. The lowest BCUT2D eigenvalue weighted by molar-refractivity contribution is 0.102. The lowest BCUT2D eigenvalue weighted by Crippen LogP contribution is -2.28. The lowest BCUT2D eigenvalue weighted by atomic mass is 10.1. The zero-order chi connectivity index (χ0) is 24.1. The van der Waals surface area contributed by atoms with Crippen molar-refractivity contribution >= 4 is 23.3 Å². The summed E-state index contributed by atoms with van der Waals surface area (Å²) in [6.07, 6.45) is 2.76. The Labute approximate surface area is 199 Å². The van der Waals surface area contributed by atoms with Crippen LogP contribution >= 0.6 is 0 Å². The Hall–Kier alpha value is -4.09. The van der Waals surface area contributed by atoms with E-state index in [-0.39, 0.29) is 18.6 Å². The Kier molecular flexibility index (Phi) is 6.95. The molecule has 2 N–H and O–H groups in total. The topological polar surface area (TPSA) is 87.3 Å². The number of amides is 1. The van der Waals surface area contributed by atoms with Gasteiger partial charge in [-0.1, -0.05) is 37.3 Å². The molecule has 1 amide bonds. The Morgan fingerprint density at radius 3 is 2.59 bits per heavy atom. The van der Waals surface area contributed by atoms with Crippen molar-refractivity contribution in [1.29, 1.82) is 0 Å². The van der Waals surface area contributed by atoms with Crippen LogP contribution in [-0.4, -0.2) is 40.1 Å². The zero-order valence-corrected chi connectivity index (χ0v) is 19.6. The lowest BCUT2D eigenvalue weighted by Gasteiger charge is -2.29. The summed E-state index contributed by atoms with van der Waals surface area (Å²) >= 11 is 0. The monoisotopic (exact) mass is 456 g/mol. The Bertz CT molecular complexity index is 1240. The van der Waals surface area contributed by atoms with Crippen molar-refractivity contribution in [2.45, 2.75) is 33.2 Å². The van der Waals surface area contributed by atoms with Crippen LogP contribution in [0.4, 0.5) is 5.69 Å². The number of carbonyl (C=O) groups excluding carboxylic acids is 2. The standard InChI is InChI=1S/C27H28N4O3/c1-4-24-18(2)26(30-29-24)27(33)28-22-12-10-21(11-13-22)25-14-15-31(23(16-32)17-34-25)19(3)20-8-6-5-7-9-20/h5-14,19H,4,15,17H2,1-3H3,(H,28,33)(H,29,30). The maximum atomic E-state index is 12.6. The van der Waals surface area contributed by atoms with Gasteiger partial charge in [-0.25, -0.2) is 4.79 Å². The molecule has 1 aliphatic rings. The molecule has 2 heterocycles. The van der Waals surface area contributed by atoms with Crippen LogP contribution in [0.3, 0.4) is 0 Å². The van der Waals surface area contributed by atoms with E-state index in [0.717, 1.165) is 28.8 Å². The van der Waals surface area contributed by atoms with Crippen molar-refractivity contribution in [3.63, 3.8) is 0 Å². The number of hydrogen-bond acceptors (Lipinski definition) is 5. The maximum absolute atomic E-state index is 12.6. The Morgan fingerprint density at radius 2 is 1.94 bits per heavy atom. The first-order chi connectivity index (χ1) is 16.5. The van der Waals surface area contributed by atoms with E-state index in [1.807, 2.05) is 79.4 Å². The van der Waals surface area contributed by atoms with Gasteiger partial charge in [0.2, 0.25) is 0 Å². The van der Waals surface area contributed by atoms with Crippen LogP contribution in [0.5, 0.6) is 0 Å². The molecule has 0 spiro atoms. The van der Waals surface area contributed by atoms with Crippen LogP contribution in [0.25, 0.3) is 5.76 Å². The molecule has 1 aliphatic heterocycles. The fourth-order valence-electron chi connectivity index (χ4n) is 4.08. The smallest absolute Gasteiger partial charge is 0.276 e. The maximum Gasteiger partial charge on any atom is 0.276 e. The normalized spacial score (nSPS) is 14.5. The van der Waals surface area contributed by atoms with Gasteiger partial charge in [-0.3, -0.25) is 9.89 Å². The molecule has 0 saturated carbocycles. The van der Waals surface area contributed by atoms with Crippen LogP contribution in [0.15, 0.2) is 66.4 Å². The number of aromatic amines is 1. The molecule has 0 saturated heterocycles. The number of nitrogens with one attached hydrogen (secondary N) is 2. The number of anilines is 1. The first-order valence-electron chi connectivity index (χ1n) is 11.4. The highest BCUT2D eigenvalue weighted by Crippen LogP contribution is 2.28. The van der Waals surface area contributed by atoms with Gasteiger partial charge >= 0.3 is 0 Å². The predicted molar refractivity (Wildman–Crippen MR) is 132 cm³/mol. The molecular formula is C27H28N4O3. The number of benzene rings is 2. The van der Waals surface area contributed by atoms with Gasteiger partial charge in [0.25, 0.3) is 5.91 Å². The summed E-state index contributed by atoms with van der Waals surface area (Å²) < 4.78 is 5.95. The molecule has 4 rings (SSSR count). The molecule has 34 heavy (non-hydrogen) atoms. The minimum Gasteiger partial charge on any atom is -0.486 e. The predicted octanol–water partition coefficient (Wildman–Crippen LogP) is 4.68. The minimum atomic E-state index is -0.252. The van der Waals surface area contributed by atoms with Crippen molar-refractivity contribution in [2.75, 3.05) is 18.5 Å². The second-order valence-electron chi connectivity index (χ2n) is 8.21. The number of rotatable bonds is 6. The summed E-state index contributed by atoms with van der Waals surface area (Å²) in [6, 6.07) is 17.5. The average molecular weight is 457 g/mol. The highest BCUT2D eigenvalue weighted by Gasteiger charge is 2.23. The molecule has 0 aliphatic carbocycles. The fourth-order valence-corrected chi connectivity index (χ4v) is 4.08. The number of H-pyrrole nitrogens is 1. The van der Waals surface area contributed by atoms with Gasteiger partial charge in [0.05, 0.1) is 6.04 Å². The van der Waals surface area contributed by atoms with Crippen LogP contribution < -0.4 is 5.32 Å². The van der Waals surface area contributed by atoms with Crippen LogP contribution in [0.1, 0.15) is 52.8 Å². The third-order valence-electron chi connectivity index (χ3n) is 6.16. The van der Waals surface area contributed by atoms with Crippen molar-refractivity contribution in [3.8, 4) is 0 Å². The molecule has 7 nitrogen and oxygen atoms in total. The van der Waals surface area contributed by atoms with Crippen molar-refractivity contribution in [3.05, 3.63) is 94.4 Å². The third-order valence-corrected chi connectivity index (χ3v) is 6.16. The number of aryl methyl sites for hydroxylation is 1. The molecule has 0 bridgehead atoms. The largest absolute Gasteiger partial charge is 0.486 e. The van der Waals surface area contributed by atoms with Crippen LogP contribution in [0.2, 0.25) is 0 Å².